The number of hydrogen-bond acceptors (Lipinski definition) is 0. The zero-order valence-electron chi connectivity index (χ0n) is 7.50. The van der Waals surface area contributed by atoms with E-state index in [0.717, 1.165) is 29.5 Å². The summed E-state index contributed by atoms with van der Waals surface area (Å²) in [4.78, 5) is 0. The van der Waals surface area contributed by atoms with E-state index in [1.807, 2.05) is 30.4 Å². The maximum atomic E-state index is 5.68. The summed E-state index contributed by atoms with van der Waals surface area (Å²) < 4.78 is 5.68. The van der Waals surface area contributed by atoms with Gasteiger partial charge in [-0.25, -0.2) is 4.42 Å². The van der Waals surface area contributed by atoms with Crippen molar-refractivity contribution >= 4 is 5.78 Å². The molecule has 0 amide bonds. The quantitative estimate of drug-likeness (QED) is 0.306. The Labute approximate surface area is 82.4 Å². The molecule has 1 heteroatoms. The second kappa shape index (κ2) is 2.73. The zero-order valence-corrected chi connectivity index (χ0v) is 7.50. The van der Waals surface area contributed by atoms with Crippen molar-refractivity contribution < 1.29 is 4.42 Å². The summed E-state index contributed by atoms with van der Waals surface area (Å²) in [6, 6.07) is 0. The third-order valence-corrected chi connectivity index (χ3v) is 2.27. The summed E-state index contributed by atoms with van der Waals surface area (Å²) in [6.07, 6.45) is 14.2. The minimum atomic E-state index is 0.825. The summed E-state index contributed by atoms with van der Waals surface area (Å²) >= 11 is 0. The Hall–Kier alpha value is -2.03. The van der Waals surface area contributed by atoms with Crippen LogP contribution in [0.3, 0.4) is 0 Å². The van der Waals surface area contributed by atoms with Crippen molar-refractivity contribution in [3.63, 3.8) is 0 Å². The average molecular weight is 179 g/mol. The fourth-order valence-electron chi connectivity index (χ4n) is 1.57. The predicted molar refractivity (Wildman–Crippen MR) is 53.0 cm³/mol. The lowest BCUT2D eigenvalue weighted by Crippen LogP contribution is -2.13. The van der Waals surface area contributed by atoms with Crippen LogP contribution in [0, 0.1) is 12.2 Å². The Morgan fingerprint density at radius 1 is 1.50 bits per heavy atom. The molecule has 1 heterocycles. The molecule has 0 unspecified atom stereocenters. The van der Waals surface area contributed by atoms with Crippen molar-refractivity contribution in [3.05, 3.63) is 65.2 Å². The van der Waals surface area contributed by atoms with Crippen LogP contribution in [0.25, 0.3) is 0 Å². The minimum absolute atomic E-state index is 0.825. The zero-order chi connectivity index (χ0) is 9.38. The Balaban J connectivity index is 2.20. The second-order valence-corrected chi connectivity index (χ2v) is 3.21. The molecule has 0 aromatic rings. The van der Waals surface area contributed by atoms with Crippen molar-refractivity contribution in [1.82, 2.24) is 0 Å². The van der Waals surface area contributed by atoms with Gasteiger partial charge in [-0.15, -0.1) is 11.8 Å². The van der Waals surface area contributed by atoms with Crippen molar-refractivity contribution in [3.8, 4) is 0 Å². The van der Waals surface area contributed by atoms with E-state index in [-0.39, 0.29) is 0 Å². The van der Waals surface area contributed by atoms with Crippen LogP contribution in [0.15, 0.2) is 53.0 Å². The van der Waals surface area contributed by atoms with E-state index in [4.69, 9.17) is 4.42 Å². The van der Waals surface area contributed by atoms with Crippen LogP contribution < -0.4 is 0 Å². The Bertz CT molecular complexity index is 499. The highest BCUT2D eigenvalue weighted by Gasteiger charge is 2.32. The van der Waals surface area contributed by atoms with Gasteiger partial charge < -0.3 is 0 Å². The topological polar surface area (TPSA) is 11.3 Å². The van der Waals surface area contributed by atoms with Crippen LogP contribution in [0.2, 0.25) is 0 Å². The highest BCUT2D eigenvalue weighted by Crippen LogP contribution is 2.25. The molecule has 2 aliphatic carbocycles. The number of allylic oxidation sites excluding steroid dienone is 3. The lowest BCUT2D eigenvalue weighted by molar-refractivity contribution is -0.424. The molecule has 14 heavy (non-hydrogen) atoms. The Morgan fingerprint density at radius 3 is 3.50 bits per heavy atom. The molecule has 0 saturated heterocycles. The molecule has 0 atom stereocenters. The van der Waals surface area contributed by atoms with Gasteiger partial charge in [0.05, 0.1) is 12.2 Å². The van der Waals surface area contributed by atoms with Crippen LogP contribution in [0.4, 0.5) is 0 Å². The van der Waals surface area contributed by atoms with Crippen molar-refractivity contribution in [1.29, 1.82) is 0 Å². The maximum absolute atomic E-state index is 5.68. The van der Waals surface area contributed by atoms with Gasteiger partial charge in [-0.3, -0.25) is 0 Å². The van der Waals surface area contributed by atoms with E-state index in [9.17, 15) is 0 Å². The summed E-state index contributed by atoms with van der Waals surface area (Å²) in [5, 5.41) is 0. The minimum Gasteiger partial charge on any atom is -0.204 e. The molecule has 0 aromatic heterocycles. The number of carbonyl (C=O) groups excluding carboxylic acids is 1. The van der Waals surface area contributed by atoms with Gasteiger partial charge in [0.15, 0.2) is 0 Å². The van der Waals surface area contributed by atoms with Crippen molar-refractivity contribution in [2.45, 2.75) is 6.42 Å². The first-order valence-corrected chi connectivity index (χ1v) is 4.52. The van der Waals surface area contributed by atoms with Crippen molar-refractivity contribution in [2.75, 3.05) is 0 Å². The SMILES string of the molecule is C1=CCC2=C=C3C=C[C+]=C[C-]3[O+]=C2C=1. The fraction of sp³-hybridized carbons (Fsp3) is 0.0769. The number of ketones is 1. The summed E-state index contributed by atoms with van der Waals surface area (Å²) in [5.41, 5.74) is 8.47. The molecule has 3 rings (SSSR count). The van der Waals surface area contributed by atoms with Gasteiger partial charge in [-0.1, -0.05) is 5.73 Å². The molecule has 0 saturated carbocycles. The second-order valence-electron chi connectivity index (χ2n) is 3.21. The molecule has 3 aliphatic rings. The first-order valence-electron chi connectivity index (χ1n) is 4.52. The Morgan fingerprint density at radius 2 is 2.50 bits per heavy atom. The fourth-order valence-corrected chi connectivity index (χ4v) is 1.57. The van der Waals surface area contributed by atoms with E-state index in [0.29, 0.717) is 0 Å². The summed E-state index contributed by atoms with van der Waals surface area (Å²) in [6.45, 7) is 0. The molecular weight excluding hydrogens is 172 g/mol. The molecule has 1 nitrogen and oxygen atoms in total. The Kier molecular flexibility index (Phi) is 1.44. The van der Waals surface area contributed by atoms with Crippen LogP contribution in [-0.2, 0) is 4.42 Å². The van der Waals surface area contributed by atoms with Crippen LogP contribution in [-0.4, -0.2) is 5.78 Å². The molecule has 0 radical (unpaired) electrons. The van der Waals surface area contributed by atoms with Gasteiger partial charge in [0.1, 0.15) is 11.1 Å². The first-order chi connectivity index (χ1) is 6.93. The molecule has 64 valence electrons. The lowest BCUT2D eigenvalue weighted by atomic mass is 9.97. The molecular formula is C13H7O+. The third kappa shape index (κ3) is 1.03. The van der Waals surface area contributed by atoms with Crippen LogP contribution in [0.1, 0.15) is 6.42 Å². The first kappa shape index (κ1) is 7.38. The monoisotopic (exact) mass is 179 g/mol. The van der Waals surface area contributed by atoms with E-state index >= 15 is 0 Å². The maximum Gasteiger partial charge on any atom is 0.376 e. The molecule has 0 spiro atoms. The standard InChI is InChI=1S/C13H7O/c1-3-7-12-10(5-1)9-11-6-2-4-8-13(11)14-12/h1-2,5,7-8H,6H2/q+1. The van der Waals surface area contributed by atoms with Gasteiger partial charge in [0.2, 0.25) is 0 Å². The van der Waals surface area contributed by atoms with E-state index in [2.05, 4.69) is 17.5 Å². The average Bonchev–Trinajstić information content (AvgIpc) is 2.26. The number of hydrogen-bond donors (Lipinski definition) is 0. The van der Waals surface area contributed by atoms with E-state index < -0.39 is 0 Å². The summed E-state index contributed by atoms with van der Waals surface area (Å²) in [5.74, 6) is 0.861. The largest absolute Gasteiger partial charge is 0.376 e. The normalized spacial score (nSPS) is 20.6. The van der Waals surface area contributed by atoms with E-state index in [1.54, 1.807) is 0 Å². The predicted octanol–water partition coefficient (Wildman–Crippen LogP) is 2.13. The van der Waals surface area contributed by atoms with Gasteiger partial charge in [0.25, 0.3) is 0 Å². The molecule has 1 aliphatic heterocycles. The molecule has 0 N–H and O–H groups in total. The summed E-state index contributed by atoms with van der Waals surface area (Å²) in [7, 11) is 0. The van der Waals surface area contributed by atoms with Crippen molar-refractivity contribution in [2.24, 2.45) is 0 Å². The molecule has 0 fully saturated rings. The lowest BCUT2D eigenvalue weighted by Gasteiger charge is -2.06. The van der Waals surface area contributed by atoms with Gasteiger partial charge in [-0.2, -0.15) is 0 Å². The number of rotatable bonds is 0. The highest BCUT2D eigenvalue weighted by atomic mass is 16.4. The van der Waals surface area contributed by atoms with Crippen LogP contribution in [0.5, 0.6) is 0 Å². The van der Waals surface area contributed by atoms with Gasteiger partial charge in [-0.05, 0) is 18.2 Å². The third-order valence-electron chi connectivity index (χ3n) is 2.27. The molecule has 0 bridgehead atoms. The van der Waals surface area contributed by atoms with Gasteiger partial charge in [0, 0.05) is 6.42 Å². The van der Waals surface area contributed by atoms with E-state index in [1.165, 1.54) is 0 Å². The van der Waals surface area contributed by atoms with Crippen LogP contribution >= 0.6 is 0 Å². The highest BCUT2D eigenvalue weighted by molar-refractivity contribution is 6.05. The van der Waals surface area contributed by atoms with Gasteiger partial charge >= 0.3 is 11.9 Å². The molecule has 0 aromatic carbocycles. The number of fused-ring (bicyclic) bond motifs is 2. The smallest absolute Gasteiger partial charge is 0.204 e.